The Balaban J connectivity index is 2.36. The van der Waals surface area contributed by atoms with Gasteiger partial charge in [0, 0.05) is 17.8 Å². The Morgan fingerprint density at radius 1 is 1.61 bits per heavy atom. The molecule has 0 aliphatic heterocycles. The fourth-order valence-corrected chi connectivity index (χ4v) is 2.47. The summed E-state index contributed by atoms with van der Waals surface area (Å²) < 4.78 is 4.61. The van der Waals surface area contributed by atoms with Gasteiger partial charge in [-0.15, -0.1) is 11.3 Å². The maximum Gasteiger partial charge on any atom is 0.305 e. The second kappa shape index (κ2) is 8.08. The number of hydrogen-bond acceptors (Lipinski definition) is 5. The highest BCUT2D eigenvalue weighted by Gasteiger charge is 2.07. The van der Waals surface area contributed by atoms with E-state index in [9.17, 15) is 4.79 Å². The van der Waals surface area contributed by atoms with Crippen LogP contribution < -0.4 is 5.32 Å². The number of aromatic nitrogens is 1. The molecule has 0 saturated carbocycles. The lowest BCUT2D eigenvalue weighted by molar-refractivity contribution is -0.140. The molecular weight excluding hydrogens is 248 g/mol. The summed E-state index contributed by atoms with van der Waals surface area (Å²) in [4.78, 5) is 15.5. The topological polar surface area (TPSA) is 51.2 Å². The molecule has 1 rings (SSSR count). The lowest BCUT2D eigenvalue weighted by Gasteiger charge is -2.11. The van der Waals surface area contributed by atoms with Gasteiger partial charge in [-0.3, -0.25) is 4.79 Å². The van der Waals surface area contributed by atoms with Crippen molar-refractivity contribution in [2.45, 2.75) is 52.0 Å². The molecule has 1 N–H and O–H groups in total. The summed E-state index contributed by atoms with van der Waals surface area (Å²) in [6.07, 6.45) is 4.65. The van der Waals surface area contributed by atoms with E-state index in [1.54, 1.807) is 11.3 Å². The van der Waals surface area contributed by atoms with Gasteiger partial charge in [-0.2, -0.15) is 0 Å². The summed E-state index contributed by atoms with van der Waals surface area (Å²) in [5, 5.41) is 6.33. The third kappa shape index (κ3) is 5.49. The zero-order chi connectivity index (χ0) is 13.4. The first-order valence-corrected chi connectivity index (χ1v) is 7.31. The Hall–Kier alpha value is -1.10. The van der Waals surface area contributed by atoms with Crippen molar-refractivity contribution in [3.05, 3.63) is 11.1 Å². The maximum atomic E-state index is 11.0. The first-order chi connectivity index (χ1) is 8.65. The van der Waals surface area contributed by atoms with Gasteiger partial charge in [0.15, 0.2) is 5.13 Å². The first kappa shape index (κ1) is 15.0. The van der Waals surface area contributed by atoms with Gasteiger partial charge in [-0.25, -0.2) is 4.98 Å². The van der Waals surface area contributed by atoms with E-state index in [0.29, 0.717) is 18.9 Å². The molecule has 18 heavy (non-hydrogen) atoms. The summed E-state index contributed by atoms with van der Waals surface area (Å²) in [6, 6.07) is 0.449. The molecule has 1 aromatic rings. The Morgan fingerprint density at radius 2 is 2.39 bits per heavy atom. The first-order valence-electron chi connectivity index (χ1n) is 6.43. The van der Waals surface area contributed by atoms with Crippen molar-refractivity contribution in [2.75, 3.05) is 12.4 Å². The smallest absolute Gasteiger partial charge is 0.305 e. The third-order valence-electron chi connectivity index (χ3n) is 2.73. The van der Waals surface area contributed by atoms with E-state index in [-0.39, 0.29) is 5.97 Å². The number of ether oxygens (including phenoxy) is 1. The van der Waals surface area contributed by atoms with E-state index >= 15 is 0 Å². The molecule has 0 bridgehead atoms. The summed E-state index contributed by atoms with van der Waals surface area (Å²) in [5.74, 6) is -0.186. The van der Waals surface area contributed by atoms with Crippen LogP contribution in [0.1, 0.15) is 45.2 Å². The van der Waals surface area contributed by atoms with Gasteiger partial charge < -0.3 is 10.1 Å². The number of rotatable bonds is 8. The number of unbranched alkanes of at least 4 members (excludes halogenated alkanes) is 1. The fourth-order valence-electron chi connectivity index (χ4n) is 1.61. The van der Waals surface area contributed by atoms with Crippen molar-refractivity contribution >= 4 is 22.4 Å². The number of methoxy groups -OCH3 is 1. The van der Waals surface area contributed by atoms with Crippen LogP contribution in [0.5, 0.6) is 0 Å². The quantitative estimate of drug-likeness (QED) is 0.737. The van der Waals surface area contributed by atoms with Gasteiger partial charge in [-0.05, 0) is 13.3 Å². The van der Waals surface area contributed by atoms with Crippen molar-refractivity contribution in [1.82, 2.24) is 4.98 Å². The molecule has 102 valence electrons. The number of carbonyl (C=O) groups is 1. The zero-order valence-corrected chi connectivity index (χ0v) is 12.2. The molecule has 1 aromatic heterocycles. The molecule has 1 unspecified atom stereocenters. The Morgan fingerprint density at radius 3 is 3.06 bits per heavy atom. The number of nitrogens with zero attached hydrogens (tertiary/aromatic N) is 1. The number of carbonyl (C=O) groups excluding carboxylic acids is 1. The van der Waals surface area contributed by atoms with Crippen molar-refractivity contribution in [1.29, 1.82) is 0 Å². The van der Waals surface area contributed by atoms with E-state index in [4.69, 9.17) is 0 Å². The molecule has 0 aromatic carbocycles. The standard InChI is InChI=1S/C13H22N2O2S/c1-4-5-6-10(2)14-13-15-11(9-18-13)7-8-12(16)17-3/h9-10H,4-8H2,1-3H3,(H,14,15). The fraction of sp³-hybridized carbons (Fsp3) is 0.692. The van der Waals surface area contributed by atoms with E-state index < -0.39 is 0 Å². The average molecular weight is 270 g/mol. The summed E-state index contributed by atoms with van der Waals surface area (Å²) in [7, 11) is 1.41. The van der Waals surface area contributed by atoms with Gasteiger partial charge in [-0.1, -0.05) is 19.8 Å². The Kier molecular flexibility index (Phi) is 6.72. The minimum Gasteiger partial charge on any atom is -0.469 e. The second-order valence-corrected chi connectivity index (χ2v) is 5.27. The monoisotopic (exact) mass is 270 g/mol. The Bertz CT molecular complexity index is 366. The van der Waals surface area contributed by atoms with E-state index in [1.165, 1.54) is 20.0 Å². The molecule has 0 spiro atoms. The molecule has 0 amide bonds. The van der Waals surface area contributed by atoms with Gasteiger partial charge in [0.1, 0.15) is 0 Å². The second-order valence-electron chi connectivity index (χ2n) is 4.41. The SMILES string of the molecule is CCCCC(C)Nc1nc(CCC(=O)OC)cs1. The number of aryl methyl sites for hydroxylation is 1. The van der Waals surface area contributed by atoms with Gasteiger partial charge in [0.05, 0.1) is 19.2 Å². The van der Waals surface area contributed by atoms with Crippen LogP contribution in [0, 0.1) is 0 Å². The molecule has 0 aliphatic rings. The highest BCUT2D eigenvalue weighted by atomic mass is 32.1. The lowest BCUT2D eigenvalue weighted by Crippen LogP contribution is -2.14. The molecule has 0 saturated heterocycles. The van der Waals surface area contributed by atoms with Crippen LogP contribution in [0.15, 0.2) is 5.38 Å². The summed E-state index contributed by atoms with van der Waals surface area (Å²) >= 11 is 1.60. The van der Waals surface area contributed by atoms with Crippen LogP contribution in [0.25, 0.3) is 0 Å². The van der Waals surface area contributed by atoms with Crippen LogP contribution in [0.4, 0.5) is 5.13 Å². The van der Waals surface area contributed by atoms with Crippen molar-refractivity contribution in [3.63, 3.8) is 0 Å². The van der Waals surface area contributed by atoms with Crippen molar-refractivity contribution in [2.24, 2.45) is 0 Å². The van der Waals surface area contributed by atoms with Crippen LogP contribution in [-0.4, -0.2) is 24.1 Å². The number of thiazole rings is 1. The third-order valence-corrected chi connectivity index (χ3v) is 3.55. The highest BCUT2D eigenvalue weighted by Crippen LogP contribution is 2.18. The maximum absolute atomic E-state index is 11.0. The summed E-state index contributed by atoms with van der Waals surface area (Å²) in [6.45, 7) is 4.37. The lowest BCUT2D eigenvalue weighted by atomic mass is 10.1. The molecule has 0 radical (unpaired) electrons. The minimum absolute atomic E-state index is 0.186. The number of nitrogens with one attached hydrogen (secondary N) is 1. The van der Waals surface area contributed by atoms with Crippen LogP contribution >= 0.6 is 11.3 Å². The number of hydrogen-bond donors (Lipinski definition) is 1. The molecule has 1 heterocycles. The van der Waals surface area contributed by atoms with Gasteiger partial charge >= 0.3 is 5.97 Å². The predicted molar refractivity (Wildman–Crippen MR) is 75.1 cm³/mol. The van der Waals surface area contributed by atoms with Crippen molar-refractivity contribution in [3.8, 4) is 0 Å². The molecular formula is C13H22N2O2S. The predicted octanol–water partition coefficient (Wildman–Crippen LogP) is 3.24. The molecule has 0 aliphatic carbocycles. The molecule has 4 nitrogen and oxygen atoms in total. The van der Waals surface area contributed by atoms with Crippen molar-refractivity contribution < 1.29 is 9.53 Å². The van der Waals surface area contributed by atoms with Crippen LogP contribution in [-0.2, 0) is 16.0 Å². The highest BCUT2D eigenvalue weighted by molar-refractivity contribution is 7.13. The van der Waals surface area contributed by atoms with Crippen LogP contribution in [0.2, 0.25) is 0 Å². The Labute approximate surface area is 113 Å². The van der Waals surface area contributed by atoms with E-state index in [2.05, 4.69) is 28.9 Å². The van der Waals surface area contributed by atoms with Crippen LogP contribution in [0.3, 0.4) is 0 Å². The minimum atomic E-state index is -0.186. The normalized spacial score (nSPS) is 12.2. The van der Waals surface area contributed by atoms with Gasteiger partial charge in [0.2, 0.25) is 0 Å². The average Bonchev–Trinajstić information content (AvgIpc) is 2.81. The van der Waals surface area contributed by atoms with E-state index in [0.717, 1.165) is 17.2 Å². The zero-order valence-electron chi connectivity index (χ0n) is 11.4. The molecule has 1 atom stereocenters. The number of anilines is 1. The largest absolute Gasteiger partial charge is 0.469 e. The molecule has 0 fully saturated rings. The molecule has 5 heteroatoms. The number of esters is 1. The van der Waals surface area contributed by atoms with Gasteiger partial charge in [0.25, 0.3) is 0 Å². The van der Waals surface area contributed by atoms with E-state index in [1.807, 2.05) is 5.38 Å². The summed E-state index contributed by atoms with van der Waals surface area (Å²) in [5.41, 5.74) is 0.954.